The second-order valence-electron chi connectivity index (χ2n) is 4.46. The Morgan fingerprint density at radius 2 is 2.11 bits per heavy atom. The molecule has 4 nitrogen and oxygen atoms in total. The molecule has 4 heteroatoms. The lowest BCUT2D eigenvalue weighted by atomic mass is 10.2. The Morgan fingerprint density at radius 3 is 2.83 bits per heavy atom. The van der Waals surface area contributed by atoms with E-state index < -0.39 is 0 Å². The molecule has 0 spiro atoms. The predicted octanol–water partition coefficient (Wildman–Crippen LogP) is 2.25. The normalized spacial score (nSPS) is 27.6. The Labute approximate surface area is 108 Å². The summed E-state index contributed by atoms with van der Waals surface area (Å²) >= 11 is 0. The Kier molecular flexibility index (Phi) is 5.13. The van der Waals surface area contributed by atoms with Crippen LogP contribution in [0, 0.1) is 0 Å². The lowest BCUT2D eigenvalue weighted by Gasteiger charge is -2.15. The quantitative estimate of drug-likeness (QED) is 0.787. The van der Waals surface area contributed by atoms with Gasteiger partial charge in [-0.3, -0.25) is 4.84 Å². The fourth-order valence-corrected chi connectivity index (χ4v) is 2.03. The molecule has 2 rings (SSSR count). The summed E-state index contributed by atoms with van der Waals surface area (Å²) in [5.74, 6) is 0. The van der Waals surface area contributed by atoms with Crippen molar-refractivity contribution in [3.8, 4) is 0 Å². The van der Waals surface area contributed by atoms with Crippen LogP contribution in [0.3, 0.4) is 0 Å². The lowest BCUT2D eigenvalue weighted by molar-refractivity contribution is -0.127. The molecule has 0 saturated carbocycles. The second-order valence-corrected chi connectivity index (χ2v) is 4.46. The van der Waals surface area contributed by atoms with Gasteiger partial charge in [0, 0.05) is 13.0 Å². The van der Waals surface area contributed by atoms with Gasteiger partial charge in [0.1, 0.15) is 0 Å². The summed E-state index contributed by atoms with van der Waals surface area (Å²) in [6.45, 7) is 5.24. The van der Waals surface area contributed by atoms with Gasteiger partial charge >= 0.3 is 0 Å². The minimum absolute atomic E-state index is 0.108. The maximum atomic E-state index is 5.65. The highest BCUT2D eigenvalue weighted by Crippen LogP contribution is 2.21. The number of hydrogen-bond donors (Lipinski definition) is 1. The van der Waals surface area contributed by atoms with E-state index >= 15 is 0 Å². The van der Waals surface area contributed by atoms with Crippen molar-refractivity contribution in [3.63, 3.8) is 0 Å². The van der Waals surface area contributed by atoms with Crippen LogP contribution in [-0.2, 0) is 20.9 Å². The first-order chi connectivity index (χ1) is 8.79. The molecule has 0 unspecified atom stereocenters. The third-order valence-electron chi connectivity index (χ3n) is 3.05. The van der Waals surface area contributed by atoms with E-state index in [0.717, 1.165) is 12.0 Å². The van der Waals surface area contributed by atoms with Gasteiger partial charge in [-0.25, -0.2) is 0 Å². The first kappa shape index (κ1) is 13.5. The maximum absolute atomic E-state index is 5.65. The number of benzene rings is 1. The Morgan fingerprint density at radius 1 is 1.33 bits per heavy atom. The van der Waals surface area contributed by atoms with E-state index in [0.29, 0.717) is 13.2 Å². The zero-order valence-electron chi connectivity index (χ0n) is 11.0. The molecule has 18 heavy (non-hydrogen) atoms. The first-order valence-corrected chi connectivity index (χ1v) is 6.48. The summed E-state index contributed by atoms with van der Waals surface area (Å²) in [6.07, 6.45) is 0.823. The minimum Gasteiger partial charge on any atom is -0.353 e. The minimum atomic E-state index is -0.108. The molecule has 1 heterocycles. The molecule has 1 aliphatic rings. The highest BCUT2D eigenvalue weighted by Gasteiger charge is 2.32. The van der Waals surface area contributed by atoms with Gasteiger partial charge in [-0.1, -0.05) is 30.3 Å². The van der Waals surface area contributed by atoms with Gasteiger partial charge in [-0.15, -0.1) is 0 Å². The summed E-state index contributed by atoms with van der Waals surface area (Å²) in [5, 5.41) is 0. The van der Waals surface area contributed by atoms with Gasteiger partial charge in [-0.05, 0) is 19.4 Å². The summed E-state index contributed by atoms with van der Waals surface area (Å²) in [6, 6.07) is 10.3. The van der Waals surface area contributed by atoms with E-state index in [1.807, 2.05) is 44.2 Å². The van der Waals surface area contributed by atoms with Gasteiger partial charge in [-0.2, -0.15) is 5.48 Å². The van der Waals surface area contributed by atoms with Crippen molar-refractivity contribution in [1.29, 1.82) is 0 Å². The summed E-state index contributed by atoms with van der Waals surface area (Å²) < 4.78 is 11.1. The van der Waals surface area contributed by atoms with Crippen LogP contribution in [0.15, 0.2) is 30.3 Å². The number of ether oxygens (including phenoxy) is 2. The Hall–Kier alpha value is -0.940. The fourth-order valence-electron chi connectivity index (χ4n) is 2.03. The molecule has 0 aliphatic carbocycles. The molecule has 1 aliphatic heterocycles. The van der Waals surface area contributed by atoms with E-state index in [9.17, 15) is 0 Å². The summed E-state index contributed by atoms with van der Waals surface area (Å²) in [4.78, 5) is 5.51. The largest absolute Gasteiger partial charge is 0.353 e. The van der Waals surface area contributed by atoms with E-state index in [1.54, 1.807) is 0 Å². The molecule has 100 valence electrons. The number of hydroxylamine groups is 1. The van der Waals surface area contributed by atoms with E-state index in [-0.39, 0.29) is 18.4 Å². The molecule has 1 fully saturated rings. The standard InChI is InChI=1S/C14H21NO3/c1-3-16-14-9-13(11(2)18-14)15-17-10-12-7-5-4-6-8-12/h4-8,11,13-15H,3,9-10H2,1-2H3/t11-,13-,14+/m0/s1. The van der Waals surface area contributed by atoms with Gasteiger partial charge in [0.15, 0.2) is 6.29 Å². The van der Waals surface area contributed by atoms with Crippen LogP contribution in [0.5, 0.6) is 0 Å². The number of rotatable bonds is 6. The first-order valence-electron chi connectivity index (χ1n) is 6.48. The van der Waals surface area contributed by atoms with Crippen molar-refractivity contribution in [2.24, 2.45) is 0 Å². The highest BCUT2D eigenvalue weighted by molar-refractivity contribution is 5.13. The molecular formula is C14H21NO3. The van der Waals surface area contributed by atoms with Gasteiger partial charge in [0.2, 0.25) is 0 Å². The van der Waals surface area contributed by atoms with Crippen LogP contribution < -0.4 is 5.48 Å². The monoisotopic (exact) mass is 251 g/mol. The van der Waals surface area contributed by atoms with Crippen molar-refractivity contribution < 1.29 is 14.3 Å². The fraction of sp³-hybridized carbons (Fsp3) is 0.571. The summed E-state index contributed by atoms with van der Waals surface area (Å²) in [5.41, 5.74) is 4.21. The molecule has 0 amide bonds. The van der Waals surface area contributed by atoms with E-state index in [1.165, 1.54) is 0 Å². The van der Waals surface area contributed by atoms with Crippen LogP contribution in [-0.4, -0.2) is 25.0 Å². The SMILES string of the molecule is CCO[C@H]1C[C@H](NOCc2ccccc2)[C@H](C)O1. The van der Waals surface area contributed by atoms with E-state index in [4.69, 9.17) is 14.3 Å². The summed E-state index contributed by atoms with van der Waals surface area (Å²) in [7, 11) is 0. The molecule has 1 saturated heterocycles. The highest BCUT2D eigenvalue weighted by atomic mass is 16.7. The van der Waals surface area contributed by atoms with Crippen molar-refractivity contribution in [2.45, 2.75) is 45.3 Å². The molecule has 0 bridgehead atoms. The van der Waals surface area contributed by atoms with Gasteiger partial charge in [0.25, 0.3) is 0 Å². The molecule has 0 aromatic heterocycles. The second kappa shape index (κ2) is 6.85. The smallest absolute Gasteiger partial charge is 0.159 e. The van der Waals surface area contributed by atoms with Crippen LogP contribution in [0.1, 0.15) is 25.8 Å². The molecule has 0 radical (unpaired) electrons. The average Bonchev–Trinajstić information content (AvgIpc) is 2.72. The van der Waals surface area contributed by atoms with E-state index in [2.05, 4.69) is 5.48 Å². The number of hydrogen-bond acceptors (Lipinski definition) is 4. The Bertz CT molecular complexity index is 344. The third-order valence-corrected chi connectivity index (χ3v) is 3.05. The van der Waals surface area contributed by atoms with Crippen molar-refractivity contribution in [2.75, 3.05) is 6.61 Å². The van der Waals surface area contributed by atoms with Crippen LogP contribution in [0.4, 0.5) is 0 Å². The van der Waals surface area contributed by atoms with Gasteiger partial charge < -0.3 is 9.47 Å². The zero-order chi connectivity index (χ0) is 12.8. The van der Waals surface area contributed by atoms with Crippen LogP contribution in [0.2, 0.25) is 0 Å². The van der Waals surface area contributed by atoms with Crippen LogP contribution in [0.25, 0.3) is 0 Å². The Balaban J connectivity index is 1.71. The molecular weight excluding hydrogens is 230 g/mol. The van der Waals surface area contributed by atoms with Crippen molar-refractivity contribution >= 4 is 0 Å². The molecule has 1 N–H and O–H groups in total. The molecule has 3 atom stereocenters. The maximum Gasteiger partial charge on any atom is 0.159 e. The van der Waals surface area contributed by atoms with Crippen molar-refractivity contribution in [3.05, 3.63) is 35.9 Å². The number of nitrogens with one attached hydrogen (secondary N) is 1. The third kappa shape index (κ3) is 3.78. The molecule has 1 aromatic rings. The molecule has 1 aromatic carbocycles. The predicted molar refractivity (Wildman–Crippen MR) is 68.7 cm³/mol. The lowest BCUT2D eigenvalue weighted by Crippen LogP contribution is -2.34. The van der Waals surface area contributed by atoms with Crippen molar-refractivity contribution in [1.82, 2.24) is 5.48 Å². The van der Waals surface area contributed by atoms with Gasteiger partial charge in [0.05, 0.1) is 18.8 Å². The average molecular weight is 251 g/mol. The van der Waals surface area contributed by atoms with Crippen LogP contribution >= 0.6 is 0 Å². The topological polar surface area (TPSA) is 39.7 Å². The zero-order valence-corrected chi connectivity index (χ0v) is 11.0.